The van der Waals surface area contributed by atoms with Gasteiger partial charge in [-0.1, -0.05) is 64.6 Å². The predicted octanol–water partition coefficient (Wildman–Crippen LogP) is 5.89. The van der Waals surface area contributed by atoms with E-state index in [0.717, 1.165) is 12.1 Å². The first kappa shape index (κ1) is 22.0. The molecule has 0 fully saturated rings. The third-order valence-corrected chi connectivity index (χ3v) is 6.93. The maximum Gasteiger partial charge on any atom is 0.283 e. The number of rotatable bonds is 4. The van der Waals surface area contributed by atoms with Gasteiger partial charge in [0.2, 0.25) is 0 Å². The number of hydrogen-bond acceptors (Lipinski definition) is 4. The van der Waals surface area contributed by atoms with Crippen molar-refractivity contribution < 1.29 is 23.2 Å². The van der Waals surface area contributed by atoms with Gasteiger partial charge in [0.1, 0.15) is 11.5 Å². The molecule has 0 radical (unpaired) electrons. The summed E-state index contributed by atoms with van der Waals surface area (Å²) in [5, 5.41) is 19.2. The molecule has 29 heavy (non-hydrogen) atoms. The molecule has 10 heteroatoms. The molecular weight excluding hydrogens is 482 g/mol. The first-order valence-corrected chi connectivity index (χ1v) is 10.8. The molecule has 3 aromatic carbocycles. The number of benzene rings is 3. The quantitative estimate of drug-likeness (QED) is 0.311. The van der Waals surface area contributed by atoms with Crippen LogP contribution in [0.3, 0.4) is 0 Å². The highest BCUT2D eigenvalue weighted by Crippen LogP contribution is 2.51. The van der Waals surface area contributed by atoms with Crippen molar-refractivity contribution in [3.8, 4) is 11.5 Å². The van der Waals surface area contributed by atoms with Crippen LogP contribution in [0.5, 0.6) is 11.5 Å². The van der Waals surface area contributed by atoms with E-state index in [1.54, 1.807) is 0 Å². The minimum Gasteiger partial charge on any atom is -0.508 e. The summed E-state index contributed by atoms with van der Waals surface area (Å²) in [7, 11) is -5.04. The summed E-state index contributed by atoms with van der Waals surface area (Å²) in [4.78, 5) is 0. The van der Waals surface area contributed by atoms with Gasteiger partial charge in [-0.15, -0.1) is 0 Å². The van der Waals surface area contributed by atoms with E-state index < -0.39 is 14.9 Å². The SMILES string of the molecule is O=S(=O)(O)C(c1cccc(Cl)c1)(c1ccc(O)c(Cl)c1)c1c(Cl)cc(O)cc1Cl. The minimum absolute atomic E-state index is 0.0174. The van der Waals surface area contributed by atoms with Crippen LogP contribution in [0.2, 0.25) is 20.1 Å². The molecule has 0 aromatic heterocycles. The third-order valence-electron chi connectivity index (χ3n) is 4.35. The second-order valence-corrected chi connectivity index (χ2v) is 9.34. The molecule has 0 heterocycles. The van der Waals surface area contributed by atoms with Gasteiger partial charge in [0.05, 0.1) is 15.1 Å². The average molecular weight is 494 g/mol. The van der Waals surface area contributed by atoms with E-state index in [1.165, 1.54) is 42.5 Å². The molecule has 0 amide bonds. The van der Waals surface area contributed by atoms with Crippen molar-refractivity contribution in [1.82, 2.24) is 0 Å². The van der Waals surface area contributed by atoms with Crippen LogP contribution in [0.15, 0.2) is 54.6 Å². The first-order valence-electron chi connectivity index (χ1n) is 7.89. The van der Waals surface area contributed by atoms with Crippen LogP contribution in [0.1, 0.15) is 16.7 Å². The second kappa shape index (κ2) is 7.87. The molecule has 0 aliphatic heterocycles. The number of hydrogen-bond donors (Lipinski definition) is 3. The molecule has 0 spiro atoms. The lowest BCUT2D eigenvalue weighted by molar-refractivity contribution is 0.456. The molecule has 152 valence electrons. The lowest BCUT2D eigenvalue weighted by Gasteiger charge is -2.34. The van der Waals surface area contributed by atoms with Gasteiger partial charge in [0.15, 0.2) is 4.75 Å². The average Bonchev–Trinajstić information content (AvgIpc) is 2.59. The molecule has 0 saturated heterocycles. The summed E-state index contributed by atoms with van der Waals surface area (Å²) < 4.78 is 34.1. The summed E-state index contributed by atoms with van der Waals surface area (Å²) in [6.07, 6.45) is 0. The molecule has 0 aliphatic rings. The van der Waals surface area contributed by atoms with Crippen LogP contribution in [0.25, 0.3) is 0 Å². The van der Waals surface area contributed by atoms with Crippen LogP contribution < -0.4 is 0 Å². The standard InChI is InChI=1S/C19H12Cl4O5S/c20-12-3-1-2-10(6-12)19(29(26,27)28,11-4-5-17(25)14(21)7-11)18-15(22)8-13(24)9-16(18)23/h1-9,24-25H,(H,26,27,28). The Bertz CT molecular complexity index is 1190. The van der Waals surface area contributed by atoms with Crippen molar-refractivity contribution in [2.75, 3.05) is 0 Å². The molecular formula is C19H12Cl4O5S. The highest BCUT2D eigenvalue weighted by molar-refractivity contribution is 7.87. The molecule has 1 atom stereocenters. The monoisotopic (exact) mass is 492 g/mol. The number of phenols is 2. The Morgan fingerprint density at radius 1 is 0.759 bits per heavy atom. The Hall–Kier alpha value is -1.67. The Morgan fingerprint density at radius 2 is 1.34 bits per heavy atom. The van der Waals surface area contributed by atoms with Crippen LogP contribution in [0.4, 0.5) is 0 Å². The maximum atomic E-state index is 13.0. The fourth-order valence-corrected chi connectivity index (χ4v) is 5.78. The molecule has 0 saturated carbocycles. The van der Waals surface area contributed by atoms with E-state index in [4.69, 9.17) is 46.4 Å². The van der Waals surface area contributed by atoms with E-state index in [-0.39, 0.29) is 48.3 Å². The molecule has 0 aliphatic carbocycles. The van der Waals surface area contributed by atoms with Gasteiger partial charge >= 0.3 is 0 Å². The van der Waals surface area contributed by atoms with Crippen molar-refractivity contribution in [3.63, 3.8) is 0 Å². The largest absolute Gasteiger partial charge is 0.508 e. The van der Waals surface area contributed by atoms with Crippen molar-refractivity contribution in [2.45, 2.75) is 4.75 Å². The lowest BCUT2D eigenvalue weighted by atomic mass is 9.83. The maximum absolute atomic E-state index is 13.0. The Balaban J connectivity index is 2.61. The summed E-state index contributed by atoms with van der Waals surface area (Å²) in [5.41, 5.74) is -0.256. The van der Waals surface area contributed by atoms with Crippen LogP contribution >= 0.6 is 46.4 Å². The number of aromatic hydroxyl groups is 2. The summed E-state index contributed by atoms with van der Waals surface area (Å²) in [5.74, 6) is -0.600. The molecule has 0 bridgehead atoms. The van der Waals surface area contributed by atoms with Crippen molar-refractivity contribution >= 4 is 56.5 Å². The van der Waals surface area contributed by atoms with Gasteiger partial charge in [0.25, 0.3) is 10.1 Å². The third kappa shape index (κ3) is 3.77. The van der Waals surface area contributed by atoms with Gasteiger partial charge in [-0.2, -0.15) is 8.42 Å². The second-order valence-electron chi connectivity index (χ2n) is 6.12. The topological polar surface area (TPSA) is 94.8 Å². The van der Waals surface area contributed by atoms with E-state index in [2.05, 4.69) is 0 Å². The molecule has 3 aromatic rings. The Kier molecular flexibility index (Phi) is 5.98. The van der Waals surface area contributed by atoms with Crippen molar-refractivity contribution in [1.29, 1.82) is 0 Å². The van der Waals surface area contributed by atoms with Gasteiger partial charge in [-0.05, 0) is 47.5 Å². The van der Waals surface area contributed by atoms with Crippen molar-refractivity contribution in [3.05, 3.63) is 91.4 Å². The Morgan fingerprint density at radius 3 is 1.86 bits per heavy atom. The lowest BCUT2D eigenvalue weighted by Crippen LogP contribution is -2.39. The van der Waals surface area contributed by atoms with E-state index in [0.29, 0.717) is 0 Å². The van der Waals surface area contributed by atoms with Gasteiger partial charge in [-0.25, -0.2) is 0 Å². The number of halogens is 4. The zero-order valence-corrected chi connectivity index (χ0v) is 18.1. The van der Waals surface area contributed by atoms with Crippen molar-refractivity contribution in [2.24, 2.45) is 0 Å². The predicted molar refractivity (Wildman–Crippen MR) is 114 cm³/mol. The zero-order valence-electron chi connectivity index (χ0n) is 14.3. The fourth-order valence-electron chi connectivity index (χ4n) is 3.21. The summed E-state index contributed by atoms with van der Waals surface area (Å²) in [6.45, 7) is 0. The zero-order chi connectivity index (χ0) is 21.6. The van der Waals surface area contributed by atoms with Crippen LogP contribution in [-0.2, 0) is 14.9 Å². The Labute approximate surface area is 186 Å². The van der Waals surface area contributed by atoms with Gasteiger partial charge in [0, 0.05) is 10.6 Å². The van der Waals surface area contributed by atoms with E-state index in [1.807, 2.05) is 0 Å². The van der Waals surface area contributed by atoms with Crippen LogP contribution in [0, 0.1) is 0 Å². The minimum atomic E-state index is -5.04. The fraction of sp³-hybridized carbons (Fsp3) is 0.0526. The molecule has 3 rings (SSSR count). The summed E-state index contributed by atoms with van der Waals surface area (Å²) in [6, 6.07) is 11.5. The van der Waals surface area contributed by atoms with Gasteiger partial charge in [-0.3, -0.25) is 4.55 Å². The first-order chi connectivity index (χ1) is 13.5. The number of phenolic OH excluding ortho intramolecular Hbond substituents is 2. The molecule has 3 N–H and O–H groups in total. The molecule has 5 nitrogen and oxygen atoms in total. The van der Waals surface area contributed by atoms with E-state index in [9.17, 15) is 23.2 Å². The van der Waals surface area contributed by atoms with Gasteiger partial charge < -0.3 is 10.2 Å². The summed E-state index contributed by atoms with van der Waals surface area (Å²) >= 11 is 24.7. The van der Waals surface area contributed by atoms with Crippen LogP contribution in [-0.4, -0.2) is 23.2 Å². The van der Waals surface area contributed by atoms with E-state index >= 15 is 0 Å². The highest BCUT2D eigenvalue weighted by Gasteiger charge is 2.51. The smallest absolute Gasteiger partial charge is 0.283 e. The normalized spacial score (nSPS) is 13.8. The highest BCUT2D eigenvalue weighted by atomic mass is 35.5. The molecule has 1 unspecified atom stereocenters.